The molecular weight excluding hydrogens is 532 g/mol. The summed E-state index contributed by atoms with van der Waals surface area (Å²) in [6.07, 6.45) is 2.55. The molecule has 4 heterocycles. The Bertz CT molecular complexity index is 1410. The number of ether oxygens (including phenoxy) is 1. The number of aromatic nitrogens is 2. The molecule has 2 aromatic carbocycles. The number of hydrogen-bond donors (Lipinski definition) is 2. The molecule has 0 bridgehead atoms. The van der Waals surface area contributed by atoms with Crippen molar-refractivity contribution in [1.82, 2.24) is 24.7 Å². The van der Waals surface area contributed by atoms with Gasteiger partial charge >= 0.3 is 6.01 Å². The van der Waals surface area contributed by atoms with Crippen LogP contribution in [0.1, 0.15) is 51.2 Å². The van der Waals surface area contributed by atoms with E-state index in [0.29, 0.717) is 37.4 Å². The van der Waals surface area contributed by atoms with Gasteiger partial charge in [0.1, 0.15) is 11.5 Å². The predicted octanol–water partition coefficient (Wildman–Crippen LogP) is 2.84. The minimum absolute atomic E-state index is 0.0132. The van der Waals surface area contributed by atoms with Crippen LogP contribution in [0.5, 0.6) is 6.01 Å². The van der Waals surface area contributed by atoms with Crippen molar-refractivity contribution in [1.29, 1.82) is 0 Å². The summed E-state index contributed by atoms with van der Waals surface area (Å²) in [5.41, 5.74) is 3.63. The molecule has 10 nitrogen and oxygen atoms in total. The molecule has 10 heteroatoms. The molecule has 2 atom stereocenters. The Kier molecular flexibility index (Phi) is 8.34. The van der Waals surface area contributed by atoms with Crippen LogP contribution >= 0.6 is 0 Å². The van der Waals surface area contributed by atoms with Gasteiger partial charge in [-0.25, -0.2) is 0 Å². The Balaban J connectivity index is 1.06. The summed E-state index contributed by atoms with van der Waals surface area (Å²) in [6, 6.07) is 19.7. The number of piperidine rings is 2. The minimum Gasteiger partial charge on any atom is -0.467 e. The van der Waals surface area contributed by atoms with Gasteiger partial charge < -0.3 is 25.0 Å². The van der Waals surface area contributed by atoms with Crippen molar-refractivity contribution in [3.8, 4) is 6.01 Å². The highest BCUT2D eigenvalue weighted by atomic mass is 16.5. The maximum atomic E-state index is 13.5. The van der Waals surface area contributed by atoms with Crippen LogP contribution in [0.4, 0.5) is 5.82 Å². The number of aliphatic hydroxyl groups excluding tert-OH is 1. The number of benzene rings is 2. The zero-order chi connectivity index (χ0) is 29.1. The first-order valence-electron chi connectivity index (χ1n) is 14.8. The molecule has 3 aromatic rings. The number of β-amino-alcohol motifs (C(OH)–C–C–N with tert-alkyl or cyclic N) is 1. The third-order valence-electron chi connectivity index (χ3n) is 8.73. The first-order chi connectivity index (χ1) is 20.5. The van der Waals surface area contributed by atoms with Gasteiger partial charge in [0.2, 0.25) is 0 Å². The second kappa shape index (κ2) is 12.5. The van der Waals surface area contributed by atoms with Crippen molar-refractivity contribution in [2.75, 3.05) is 45.2 Å². The summed E-state index contributed by atoms with van der Waals surface area (Å²) in [7, 11) is 1.48. The highest BCUT2D eigenvalue weighted by Crippen LogP contribution is 2.26. The van der Waals surface area contributed by atoms with E-state index in [9.17, 15) is 14.7 Å². The lowest BCUT2D eigenvalue weighted by Crippen LogP contribution is -2.56. The molecule has 2 saturated heterocycles. The van der Waals surface area contributed by atoms with Crippen molar-refractivity contribution in [2.24, 2.45) is 0 Å². The smallest absolute Gasteiger partial charge is 0.318 e. The average molecular weight is 571 g/mol. The van der Waals surface area contributed by atoms with Crippen LogP contribution in [-0.4, -0.2) is 99.6 Å². The normalized spacial score (nSPS) is 21.5. The van der Waals surface area contributed by atoms with E-state index in [0.717, 1.165) is 32.4 Å². The van der Waals surface area contributed by atoms with E-state index >= 15 is 0 Å². The zero-order valence-electron chi connectivity index (χ0n) is 24.0. The number of carbonyl (C=O) groups is 2. The van der Waals surface area contributed by atoms with Gasteiger partial charge in [0.15, 0.2) is 0 Å². The Labute approximate surface area is 246 Å². The molecule has 0 unspecified atom stereocenters. The fourth-order valence-corrected chi connectivity index (χ4v) is 6.39. The van der Waals surface area contributed by atoms with Gasteiger partial charge in [0.25, 0.3) is 11.8 Å². The van der Waals surface area contributed by atoms with Gasteiger partial charge in [-0.2, -0.15) is 9.97 Å². The number of nitrogens with zero attached hydrogens (tertiary/aromatic N) is 5. The number of hydrogen-bond acceptors (Lipinski definition) is 8. The molecule has 3 aliphatic heterocycles. The van der Waals surface area contributed by atoms with E-state index in [4.69, 9.17) is 4.74 Å². The summed E-state index contributed by atoms with van der Waals surface area (Å²) in [5.74, 6) is 0.311. The Morgan fingerprint density at radius 3 is 2.33 bits per heavy atom. The second-order valence-electron chi connectivity index (χ2n) is 11.4. The maximum absolute atomic E-state index is 13.5. The van der Waals surface area contributed by atoms with Crippen LogP contribution in [0, 0.1) is 0 Å². The van der Waals surface area contributed by atoms with Crippen LogP contribution in [0.3, 0.4) is 0 Å². The second-order valence-corrected chi connectivity index (χ2v) is 11.4. The fraction of sp³-hybridized carbons (Fsp3) is 0.438. The summed E-state index contributed by atoms with van der Waals surface area (Å²) in [4.78, 5) is 41.0. The molecule has 6 rings (SSSR count). The number of likely N-dealkylation sites (tertiary alicyclic amines) is 2. The molecule has 0 aliphatic carbocycles. The van der Waals surface area contributed by atoms with Gasteiger partial charge in [0.05, 0.1) is 13.2 Å². The molecule has 42 heavy (non-hydrogen) atoms. The summed E-state index contributed by atoms with van der Waals surface area (Å²) >= 11 is 0. The highest BCUT2D eigenvalue weighted by molar-refractivity contribution is 5.94. The number of carbonyl (C=O) groups excluding carboxylic acids is 2. The number of aliphatic hydroxyl groups is 1. The van der Waals surface area contributed by atoms with E-state index in [1.807, 2.05) is 35.2 Å². The molecule has 2 N–H and O–H groups in total. The largest absolute Gasteiger partial charge is 0.467 e. The minimum atomic E-state index is -0.641. The Morgan fingerprint density at radius 1 is 0.881 bits per heavy atom. The number of anilines is 1. The first kappa shape index (κ1) is 28.1. The van der Waals surface area contributed by atoms with Crippen molar-refractivity contribution in [2.45, 2.75) is 50.4 Å². The molecule has 1 aromatic heterocycles. The molecular formula is C32H38N6O4. The zero-order valence-corrected chi connectivity index (χ0v) is 24.0. The number of rotatable bonds is 6. The summed E-state index contributed by atoms with van der Waals surface area (Å²) in [6.45, 7) is 3.80. The molecule has 3 aliphatic rings. The van der Waals surface area contributed by atoms with Crippen molar-refractivity contribution in [3.05, 3.63) is 83.0 Å². The van der Waals surface area contributed by atoms with E-state index in [-0.39, 0.29) is 42.1 Å². The fourth-order valence-electron chi connectivity index (χ4n) is 6.39. The molecule has 2 amide bonds. The summed E-state index contributed by atoms with van der Waals surface area (Å²) in [5, 5.41) is 14.5. The standard InChI is InChI=1S/C32H38N6O4/c1-42-32-34-26(19-29(35-32)33-25-12-16-36(17-13-25)30(40)23-8-3-2-4-9-23)31(41)38-18-14-27(28(39)21-38)37-15-11-22-7-5-6-10-24(22)20-37/h2-10,19,25,27-28,39H,11-18,20-21H2,1H3,(H,33,34,35)/t27-,28-/m1/s1. The first-order valence-corrected chi connectivity index (χ1v) is 14.8. The highest BCUT2D eigenvalue weighted by Gasteiger charge is 2.36. The van der Waals surface area contributed by atoms with E-state index in [1.54, 1.807) is 11.0 Å². The van der Waals surface area contributed by atoms with Crippen LogP contribution in [0.2, 0.25) is 0 Å². The van der Waals surface area contributed by atoms with Crippen LogP contribution in [-0.2, 0) is 13.0 Å². The van der Waals surface area contributed by atoms with Gasteiger partial charge in [0, 0.05) is 63.0 Å². The van der Waals surface area contributed by atoms with E-state index in [2.05, 4.69) is 44.5 Å². The lowest BCUT2D eigenvalue weighted by Gasteiger charge is -2.43. The van der Waals surface area contributed by atoms with Crippen molar-refractivity contribution in [3.63, 3.8) is 0 Å². The number of amides is 2. The SMILES string of the molecule is COc1nc(NC2CCN(C(=O)c3ccccc3)CC2)cc(C(=O)N2CC[C@@H](N3CCc4ccccc4C3)[C@H](O)C2)n1. The number of fused-ring (bicyclic) bond motifs is 1. The van der Waals surface area contributed by atoms with Crippen molar-refractivity contribution < 1.29 is 19.4 Å². The Hall–Kier alpha value is -4.02. The lowest BCUT2D eigenvalue weighted by atomic mass is 9.94. The number of nitrogens with one attached hydrogen (secondary N) is 1. The summed E-state index contributed by atoms with van der Waals surface area (Å²) < 4.78 is 5.32. The third-order valence-corrected chi connectivity index (χ3v) is 8.73. The van der Waals surface area contributed by atoms with Crippen LogP contribution in [0.15, 0.2) is 60.7 Å². The van der Waals surface area contributed by atoms with Gasteiger partial charge in [-0.1, -0.05) is 42.5 Å². The monoisotopic (exact) mass is 570 g/mol. The van der Waals surface area contributed by atoms with Crippen LogP contribution < -0.4 is 10.1 Å². The van der Waals surface area contributed by atoms with Gasteiger partial charge in [-0.15, -0.1) is 0 Å². The average Bonchev–Trinajstić information content (AvgIpc) is 3.04. The predicted molar refractivity (Wildman–Crippen MR) is 158 cm³/mol. The van der Waals surface area contributed by atoms with Crippen LogP contribution in [0.25, 0.3) is 0 Å². The maximum Gasteiger partial charge on any atom is 0.318 e. The van der Waals surface area contributed by atoms with E-state index in [1.165, 1.54) is 18.2 Å². The van der Waals surface area contributed by atoms with E-state index < -0.39 is 6.10 Å². The van der Waals surface area contributed by atoms with Gasteiger partial charge in [-0.3, -0.25) is 14.5 Å². The topological polar surface area (TPSA) is 111 Å². The molecule has 0 saturated carbocycles. The molecule has 220 valence electrons. The number of methoxy groups -OCH3 is 1. The Morgan fingerprint density at radius 2 is 1.60 bits per heavy atom. The molecule has 0 radical (unpaired) electrons. The molecule has 0 spiro atoms. The third kappa shape index (κ3) is 6.10. The molecule has 2 fully saturated rings. The quantitative estimate of drug-likeness (QED) is 0.466. The lowest BCUT2D eigenvalue weighted by molar-refractivity contribution is -0.0139. The van der Waals surface area contributed by atoms with Gasteiger partial charge in [-0.05, 0) is 48.9 Å². The van der Waals surface area contributed by atoms with Crippen molar-refractivity contribution >= 4 is 17.6 Å².